The molecular weight excluding hydrogens is 270 g/mol. The summed E-state index contributed by atoms with van der Waals surface area (Å²) in [6.45, 7) is 0. The van der Waals surface area contributed by atoms with Crippen molar-refractivity contribution >= 4 is 27.5 Å². The second-order valence-corrected chi connectivity index (χ2v) is 3.28. The molecule has 0 saturated carbocycles. The third kappa shape index (κ3) is 2.14. The SMILES string of the molecule is Fc1cnc(C(F)F)c(CCl)c1Br. The van der Waals surface area contributed by atoms with E-state index in [1.807, 2.05) is 0 Å². The molecule has 0 fully saturated rings. The van der Waals surface area contributed by atoms with Crippen LogP contribution in [-0.4, -0.2) is 4.98 Å². The minimum atomic E-state index is -2.74. The van der Waals surface area contributed by atoms with Crippen molar-refractivity contribution in [3.8, 4) is 0 Å². The number of rotatable bonds is 2. The van der Waals surface area contributed by atoms with Gasteiger partial charge in [0.15, 0.2) is 5.82 Å². The van der Waals surface area contributed by atoms with Gasteiger partial charge in [-0.1, -0.05) is 0 Å². The Kier molecular flexibility index (Phi) is 3.55. The van der Waals surface area contributed by atoms with E-state index < -0.39 is 17.9 Å². The van der Waals surface area contributed by atoms with Gasteiger partial charge in [0.25, 0.3) is 6.43 Å². The Balaban J connectivity index is 3.30. The molecule has 0 aliphatic carbocycles. The minimum Gasteiger partial charge on any atom is -0.252 e. The van der Waals surface area contributed by atoms with Crippen molar-refractivity contribution < 1.29 is 13.2 Å². The van der Waals surface area contributed by atoms with Crippen LogP contribution in [0.1, 0.15) is 17.7 Å². The zero-order valence-electron chi connectivity index (χ0n) is 6.20. The van der Waals surface area contributed by atoms with Crippen LogP contribution in [0, 0.1) is 5.82 Å². The highest BCUT2D eigenvalue weighted by atomic mass is 79.9. The van der Waals surface area contributed by atoms with E-state index >= 15 is 0 Å². The van der Waals surface area contributed by atoms with Crippen molar-refractivity contribution in [2.24, 2.45) is 0 Å². The van der Waals surface area contributed by atoms with Gasteiger partial charge in [-0.15, -0.1) is 11.6 Å². The molecule has 1 aromatic rings. The largest absolute Gasteiger partial charge is 0.280 e. The van der Waals surface area contributed by atoms with Crippen LogP contribution < -0.4 is 0 Å². The Morgan fingerprint density at radius 1 is 1.54 bits per heavy atom. The van der Waals surface area contributed by atoms with Gasteiger partial charge in [0, 0.05) is 5.56 Å². The van der Waals surface area contributed by atoms with Crippen LogP contribution in [-0.2, 0) is 5.88 Å². The predicted molar refractivity (Wildman–Crippen MR) is 46.4 cm³/mol. The van der Waals surface area contributed by atoms with E-state index in [2.05, 4.69) is 20.9 Å². The average Bonchev–Trinajstić information content (AvgIpc) is 2.09. The maximum absolute atomic E-state index is 12.8. The average molecular weight is 274 g/mol. The first-order valence-electron chi connectivity index (χ1n) is 3.24. The number of hydrogen-bond donors (Lipinski definition) is 0. The number of hydrogen-bond acceptors (Lipinski definition) is 1. The third-order valence-corrected chi connectivity index (χ3v) is 2.57. The van der Waals surface area contributed by atoms with Crippen LogP contribution >= 0.6 is 27.5 Å². The summed E-state index contributed by atoms with van der Waals surface area (Å²) in [5.74, 6) is -0.898. The van der Waals surface area contributed by atoms with Crippen LogP contribution in [0.3, 0.4) is 0 Å². The zero-order chi connectivity index (χ0) is 10.0. The van der Waals surface area contributed by atoms with Gasteiger partial charge >= 0.3 is 0 Å². The molecule has 72 valence electrons. The van der Waals surface area contributed by atoms with Gasteiger partial charge in [0.1, 0.15) is 5.69 Å². The Labute approximate surface area is 86.0 Å². The van der Waals surface area contributed by atoms with Crippen LogP contribution in [0.4, 0.5) is 13.2 Å². The Morgan fingerprint density at radius 2 is 2.15 bits per heavy atom. The summed E-state index contributed by atoms with van der Waals surface area (Å²) in [4.78, 5) is 3.27. The van der Waals surface area contributed by atoms with Crippen molar-refractivity contribution in [1.29, 1.82) is 0 Å². The van der Waals surface area contributed by atoms with Gasteiger partial charge in [-0.05, 0) is 15.9 Å². The molecule has 0 saturated heterocycles. The van der Waals surface area contributed by atoms with Crippen LogP contribution in [0.5, 0.6) is 0 Å². The van der Waals surface area contributed by atoms with E-state index in [0.29, 0.717) is 0 Å². The van der Waals surface area contributed by atoms with Gasteiger partial charge in [-0.25, -0.2) is 13.2 Å². The summed E-state index contributed by atoms with van der Waals surface area (Å²) in [7, 11) is 0. The Bertz CT molecular complexity index is 319. The lowest BCUT2D eigenvalue weighted by atomic mass is 10.2. The number of aromatic nitrogens is 1. The fraction of sp³-hybridized carbons (Fsp3) is 0.286. The van der Waals surface area contributed by atoms with Gasteiger partial charge in [0.2, 0.25) is 0 Å². The number of nitrogens with zero attached hydrogens (tertiary/aromatic N) is 1. The fourth-order valence-electron chi connectivity index (χ4n) is 0.833. The number of alkyl halides is 3. The molecule has 0 aliphatic heterocycles. The molecule has 0 bridgehead atoms. The maximum atomic E-state index is 12.8. The van der Waals surface area contributed by atoms with E-state index in [9.17, 15) is 13.2 Å². The molecule has 0 unspecified atom stereocenters. The smallest absolute Gasteiger partial charge is 0.252 e. The number of pyridine rings is 1. The second kappa shape index (κ2) is 4.28. The normalized spacial score (nSPS) is 10.9. The standard InChI is InChI=1S/C7H4BrClF3N/c8-5-3(1-9)6(7(11)12)13-2-4(5)10/h2,7H,1H2. The summed E-state index contributed by atoms with van der Waals surface area (Å²) < 4.78 is 37.3. The van der Waals surface area contributed by atoms with Crippen LogP contribution in [0.2, 0.25) is 0 Å². The van der Waals surface area contributed by atoms with Gasteiger partial charge in [0.05, 0.1) is 16.5 Å². The van der Waals surface area contributed by atoms with Crippen molar-refractivity contribution in [3.63, 3.8) is 0 Å². The molecule has 1 heterocycles. The van der Waals surface area contributed by atoms with Crippen molar-refractivity contribution in [2.45, 2.75) is 12.3 Å². The fourth-order valence-corrected chi connectivity index (χ4v) is 1.71. The summed E-state index contributed by atoms with van der Waals surface area (Å²) >= 11 is 8.21. The third-order valence-electron chi connectivity index (χ3n) is 1.44. The molecule has 0 N–H and O–H groups in total. The van der Waals surface area contributed by atoms with Gasteiger partial charge < -0.3 is 0 Å². The molecule has 0 aliphatic rings. The highest BCUT2D eigenvalue weighted by Crippen LogP contribution is 2.29. The van der Waals surface area contributed by atoms with E-state index in [-0.39, 0.29) is 15.9 Å². The molecular formula is C7H4BrClF3N. The quantitative estimate of drug-likeness (QED) is 0.750. The topological polar surface area (TPSA) is 12.9 Å². The van der Waals surface area contributed by atoms with Crippen molar-refractivity contribution in [2.75, 3.05) is 0 Å². The van der Waals surface area contributed by atoms with Crippen LogP contribution in [0.25, 0.3) is 0 Å². The molecule has 1 aromatic heterocycles. The summed E-state index contributed by atoms with van der Waals surface area (Å²) in [5, 5.41) is 0. The van der Waals surface area contributed by atoms with Crippen LogP contribution in [0.15, 0.2) is 10.7 Å². The molecule has 0 spiro atoms. The Hall–Kier alpha value is -0.290. The van der Waals surface area contributed by atoms with Crippen molar-refractivity contribution in [1.82, 2.24) is 4.98 Å². The molecule has 0 radical (unpaired) electrons. The van der Waals surface area contributed by atoms with Gasteiger partial charge in [-0.3, -0.25) is 4.98 Å². The predicted octanol–water partition coefficient (Wildman–Crippen LogP) is 3.66. The van der Waals surface area contributed by atoms with E-state index in [1.54, 1.807) is 0 Å². The molecule has 0 amide bonds. The minimum absolute atomic E-state index is 0.00309. The number of halogens is 5. The molecule has 1 rings (SSSR count). The lowest BCUT2D eigenvalue weighted by Crippen LogP contribution is -1.99. The van der Waals surface area contributed by atoms with Gasteiger partial charge in [-0.2, -0.15) is 0 Å². The highest BCUT2D eigenvalue weighted by molar-refractivity contribution is 9.10. The Morgan fingerprint density at radius 3 is 2.62 bits per heavy atom. The molecule has 1 nitrogen and oxygen atoms in total. The monoisotopic (exact) mass is 273 g/mol. The van der Waals surface area contributed by atoms with E-state index in [1.165, 1.54) is 0 Å². The molecule has 0 atom stereocenters. The molecule has 6 heteroatoms. The summed E-state index contributed by atoms with van der Waals surface area (Å²) in [6.07, 6.45) is -2.01. The summed E-state index contributed by atoms with van der Waals surface area (Å²) in [6, 6.07) is 0. The lowest BCUT2D eigenvalue weighted by Gasteiger charge is -2.07. The first-order chi connectivity index (χ1) is 6.07. The maximum Gasteiger partial charge on any atom is 0.280 e. The first kappa shape index (κ1) is 10.8. The zero-order valence-corrected chi connectivity index (χ0v) is 8.54. The second-order valence-electron chi connectivity index (χ2n) is 2.22. The summed E-state index contributed by atoms with van der Waals surface area (Å²) in [5.41, 5.74) is -0.486. The highest BCUT2D eigenvalue weighted by Gasteiger charge is 2.18. The first-order valence-corrected chi connectivity index (χ1v) is 4.57. The molecule has 0 aromatic carbocycles. The van der Waals surface area contributed by atoms with E-state index in [0.717, 1.165) is 6.20 Å². The van der Waals surface area contributed by atoms with Crippen molar-refractivity contribution in [3.05, 3.63) is 27.7 Å². The molecule has 13 heavy (non-hydrogen) atoms. The van der Waals surface area contributed by atoms with E-state index in [4.69, 9.17) is 11.6 Å². The lowest BCUT2D eigenvalue weighted by molar-refractivity contribution is 0.145.